The van der Waals surface area contributed by atoms with Crippen molar-refractivity contribution in [2.75, 3.05) is 29.9 Å². The summed E-state index contributed by atoms with van der Waals surface area (Å²) in [6.45, 7) is 1.39. The molecule has 6 heteroatoms. The van der Waals surface area contributed by atoms with E-state index in [4.69, 9.17) is 5.26 Å². The summed E-state index contributed by atoms with van der Waals surface area (Å²) in [7, 11) is 0. The molecule has 2 rings (SSSR count). The summed E-state index contributed by atoms with van der Waals surface area (Å²) in [6, 6.07) is 5.37. The van der Waals surface area contributed by atoms with E-state index < -0.39 is 5.82 Å². The number of anilines is 1. The van der Waals surface area contributed by atoms with E-state index in [0.717, 1.165) is 17.6 Å². The van der Waals surface area contributed by atoms with Gasteiger partial charge in [0, 0.05) is 24.6 Å². The third kappa shape index (κ3) is 2.93. The molecule has 0 spiro atoms. The van der Waals surface area contributed by atoms with E-state index in [1.165, 1.54) is 12.1 Å². The van der Waals surface area contributed by atoms with Crippen LogP contribution in [0.2, 0.25) is 0 Å². The Balaban J connectivity index is 2.09. The molecule has 0 saturated carbocycles. The number of nitrogens with one attached hydrogen (secondary N) is 1. The standard InChI is InChI=1S/C12H12FN3OS/c13-10-1-2-11(9(7-10)8-14)15-12(17)16-3-5-18-6-4-16/h1-2,7H,3-6H2,(H,15,17). The Morgan fingerprint density at radius 3 is 2.83 bits per heavy atom. The highest BCUT2D eigenvalue weighted by Crippen LogP contribution is 2.17. The number of nitrogens with zero attached hydrogens (tertiary/aromatic N) is 2. The maximum absolute atomic E-state index is 12.9. The zero-order chi connectivity index (χ0) is 13.0. The van der Waals surface area contributed by atoms with Crippen LogP contribution in [0.5, 0.6) is 0 Å². The van der Waals surface area contributed by atoms with Crippen molar-refractivity contribution >= 4 is 23.5 Å². The molecule has 0 radical (unpaired) electrons. The van der Waals surface area contributed by atoms with Crippen LogP contribution in [0.15, 0.2) is 18.2 Å². The molecule has 0 unspecified atom stereocenters. The van der Waals surface area contributed by atoms with Crippen molar-refractivity contribution < 1.29 is 9.18 Å². The molecule has 1 fully saturated rings. The van der Waals surface area contributed by atoms with Crippen LogP contribution in [0.1, 0.15) is 5.56 Å². The number of urea groups is 1. The molecule has 0 aliphatic carbocycles. The lowest BCUT2D eigenvalue weighted by molar-refractivity contribution is 0.217. The van der Waals surface area contributed by atoms with Crippen LogP contribution in [-0.2, 0) is 0 Å². The topological polar surface area (TPSA) is 56.1 Å². The lowest BCUT2D eigenvalue weighted by Gasteiger charge is -2.26. The molecule has 0 aromatic heterocycles. The van der Waals surface area contributed by atoms with Gasteiger partial charge in [0.15, 0.2) is 0 Å². The summed E-state index contributed by atoms with van der Waals surface area (Å²) in [5.74, 6) is 1.35. The Kier molecular flexibility index (Phi) is 4.05. The number of halogens is 1. The van der Waals surface area contributed by atoms with Crippen LogP contribution < -0.4 is 5.32 Å². The molecule has 4 nitrogen and oxygen atoms in total. The minimum Gasteiger partial charge on any atom is -0.323 e. The number of carbonyl (C=O) groups is 1. The fourth-order valence-electron chi connectivity index (χ4n) is 1.68. The van der Waals surface area contributed by atoms with Gasteiger partial charge in [0.25, 0.3) is 0 Å². The van der Waals surface area contributed by atoms with Gasteiger partial charge in [0.1, 0.15) is 11.9 Å². The van der Waals surface area contributed by atoms with E-state index in [-0.39, 0.29) is 11.6 Å². The van der Waals surface area contributed by atoms with Gasteiger partial charge in [-0.05, 0) is 18.2 Å². The van der Waals surface area contributed by atoms with Crippen LogP contribution in [0.3, 0.4) is 0 Å². The molecule has 1 N–H and O–H groups in total. The van der Waals surface area contributed by atoms with Gasteiger partial charge in [-0.15, -0.1) is 0 Å². The Morgan fingerprint density at radius 2 is 2.17 bits per heavy atom. The fourth-order valence-corrected chi connectivity index (χ4v) is 2.58. The lowest BCUT2D eigenvalue weighted by atomic mass is 10.2. The SMILES string of the molecule is N#Cc1cc(F)ccc1NC(=O)N1CCSCC1. The molecule has 1 aliphatic rings. The van der Waals surface area contributed by atoms with Gasteiger partial charge >= 0.3 is 6.03 Å². The molecular weight excluding hydrogens is 253 g/mol. The first kappa shape index (κ1) is 12.7. The van der Waals surface area contributed by atoms with Gasteiger partial charge in [0.05, 0.1) is 11.3 Å². The van der Waals surface area contributed by atoms with Gasteiger partial charge in [-0.3, -0.25) is 0 Å². The van der Waals surface area contributed by atoms with E-state index >= 15 is 0 Å². The summed E-state index contributed by atoms with van der Waals surface area (Å²) in [6.07, 6.45) is 0. The van der Waals surface area contributed by atoms with Gasteiger partial charge in [-0.1, -0.05) is 0 Å². The molecule has 2 amide bonds. The molecule has 94 valence electrons. The summed E-state index contributed by atoms with van der Waals surface area (Å²) >= 11 is 1.81. The molecule has 1 aromatic carbocycles. The first-order chi connectivity index (χ1) is 8.70. The van der Waals surface area contributed by atoms with Crippen LogP contribution >= 0.6 is 11.8 Å². The van der Waals surface area contributed by atoms with Crippen molar-refractivity contribution in [1.82, 2.24) is 4.90 Å². The number of benzene rings is 1. The second-order valence-electron chi connectivity index (χ2n) is 3.83. The Hall–Kier alpha value is -1.74. The molecule has 0 bridgehead atoms. The summed E-state index contributed by atoms with van der Waals surface area (Å²) < 4.78 is 12.9. The van der Waals surface area contributed by atoms with Crippen molar-refractivity contribution in [3.63, 3.8) is 0 Å². The Morgan fingerprint density at radius 1 is 1.44 bits per heavy atom. The molecule has 0 atom stereocenters. The van der Waals surface area contributed by atoms with E-state index in [0.29, 0.717) is 18.8 Å². The number of rotatable bonds is 1. The lowest BCUT2D eigenvalue weighted by Crippen LogP contribution is -2.40. The minimum absolute atomic E-state index is 0.134. The molecule has 1 aliphatic heterocycles. The van der Waals surface area contributed by atoms with E-state index in [1.807, 2.05) is 17.8 Å². The van der Waals surface area contributed by atoms with E-state index in [9.17, 15) is 9.18 Å². The normalized spacial score (nSPS) is 15.0. The number of amides is 2. The Bertz CT molecular complexity index is 495. The van der Waals surface area contributed by atoms with Crippen molar-refractivity contribution in [1.29, 1.82) is 5.26 Å². The number of hydrogen-bond donors (Lipinski definition) is 1. The Labute approximate surface area is 109 Å². The van der Waals surface area contributed by atoms with E-state index in [1.54, 1.807) is 4.90 Å². The third-order valence-corrected chi connectivity index (χ3v) is 3.58. The number of carbonyl (C=O) groups excluding carboxylic acids is 1. The highest BCUT2D eigenvalue weighted by Gasteiger charge is 2.17. The molecule has 1 heterocycles. The van der Waals surface area contributed by atoms with Gasteiger partial charge < -0.3 is 10.2 Å². The van der Waals surface area contributed by atoms with Crippen molar-refractivity contribution in [2.45, 2.75) is 0 Å². The molecular formula is C12H12FN3OS. The zero-order valence-electron chi connectivity index (χ0n) is 9.65. The quantitative estimate of drug-likeness (QED) is 0.847. The van der Waals surface area contributed by atoms with Gasteiger partial charge in [0.2, 0.25) is 0 Å². The molecule has 18 heavy (non-hydrogen) atoms. The van der Waals surface area contributed by atoms with Crippen molar-refractivity contribution in [3.8, 4) is 6.07 Å². The maximum Gasteiger partial charge on any atom is 0.321 e. The third-order valence-electron chi connectivity index (χ3n) is 2.64. The van der Waals surface area contributed by atoms with Crippen molar-refractivity contribution in [3.05, 3.63) is 29.6 Å². The average molecular weight is 265 g/mol. The fraction of sp³-hybridized carbons (Fsp3) is 0.333. The molecule has 1 saturated heterocycles. The number of hydrogen-bond acceptors (Lipinski definition) is 3. The summed E-state index contributed by atoms with van der Waals surface area (Å²) in [5, 5.41) is 11.5. The average Bonchev–Trinajstić information content (AvgIpc) is 2.41. The predicted molar refractivity (Wildman–Crippen MR) is 69.0 cm³/mol. The minimum atomic E-state index is -0.487. The van der Waals surface area contributed by atoms with Crippen LogP contribution in [0.25, 0.3) is 0 Å². The second-order valence-corrected chi connectivity index (χ2v) is 5.06. The largest absolute Gasteiger partial charge is 0.323 e. The number of nitriles is 1. The van der Waals surface area contributed by atoms with E-state index in [2.05, 4.69) is 5.32 Å². The second kappa shape index (κ2) is 5.74. The monoisotopic (exact) mass is 265 g/mol. The molecule has 1 aromatic rings. The van der Waals surface area contributed by atoms with Crippen molar-refractivity contribution in [2.24, 2.45) is 0 Å². The van der Waals surface area contributed by atoms with Crippen LogP contribution in [0.4, 0.5) is 14.9 Å². The zero-order valence-corrected chi connectivity index (χ0v) is 10.5. The highest BCUT2D eigenvalue weighted by atomic mass is 32.2. The smallest absolute Gasteiger partial charge is 0.321 e. The maximum atomic E-state index is 12.9. The summed E-state index contributed by atoms with van der Waals surface area (Å²) in [4.78, 5) is 13.6. The predicted octanol–water partition coefficient (Wildman–Crippen LogP) is 2.28. The summed E-state index contributed by atoms with van der Waals surface area (Å²) in [5.41, 5.74) is 0.483. The van der Waals surface area contributed by atoms with Gasteiger partial charge in [-0.25, -0.2) is 9.18 Å². The van der Waals surface area contributed by atoms with Crippen LogP contribution in [-0.4, -0.2) is 35.5 Å². The highest BCUT2D eigenvalue weighted by molar-refractivity contribution is 7.99. The first-order valence-electron chi connectivity index (χ1n) is 5.54. The van der Waals surface area contributed by atoms with Gasteiger partial charge in [-0.2, -0.15) is 17.0 Å². The van der Waals surface area contributed by atoms with Crippen LogP contribution in [0, 0.1) is 17.1 Å². The number of thioether (sulfide) groups is 1. The first-order valence-corrected chi connectivity index (χ1v) is 6.69.